The number of urea groups is 1. The lowest BCUT2D eigenvalue weighted by Gasteiger charge is -2.34. The molecule has 0 aromatic heterocycles. The summed E-state index contributed by atoms with van der Waals surface area (Å²) in [6.45, 7) is 1.04. The van der Waals surface area contributed by atoms with Gasteiger partial charge >= 0.3 is 18.2 Å². The highest BCUT2D eigenvalue weighted by Crippen LogP contribution is 2.40. The van der Waals surface area contributed by atoms with Crippen LogP contribution in [-0.4, -0.2) is 31.3 Å². The number of ether oxygens (including phenoxy) is 1. The van der Waals surface area contributed by atoms with Crippen LogP contribution >= 0.6 is 0 Å². The molecule has 0 aliphatic heterocycles. The third kappa shape index (κ3) is 5.24. The molecule has 2 aromatic carbocycles. The highest BCUT2D eigenvalue weighted by molar-refractivity contribution is 5.89. The largest absolute Gasteiger partial charge is 0.464 e. The molecule has 0 bridgehead atoms. The van der Waals surface area contributed by atoms with Gasteiger partial charge in [0.2, 0.25) is 0 Å². The minimum absolute atomic E-state index is 0.0377. The topological polar surface area (TPSA) is 67.4 Å². The first kappa shape index (κ1) is 22.2. The van der Waals surface area contributed by atoms with Crippen molar-refractivity contribution in [3.05, 3.63) is 71.5 Å². The van der Waals surface area contributed by atoms with Crippen LogP contribution < -0.4 is 10.6 Å². The van der Waals surface area contributed by atoms with Crippen molar-refractivity contribution in [2.45, 2.75) is 25.1 Å². The molecule has 156 valence electrons. The number of esters is 1. The van der Waals surface area contributed by atoms with Gasteiger partial charge in [-0.1, -0.05) is 42.5 Å². The Bertz CT molecular complexity index is 826. The van der Waals surface area contributed by atoms with Crippen molar-refractivity contribution in [1.82, 2.24) is 10.6 Å². The number of hydrogen-bond acceptors (Lipinski definition) is 3. The maximum atomic E-state index is 14.0. The molecule has 29 heavy (non-hydrogen) atoms. The highest BCUT2D eigenvalue weighted by atomic mass is 19.4. The van der Waals surface area contributed by atoms with E-state index >= 15 is 0 Å². The summed E-state index contributed by atoms with van der Waals surface area (Å²) in [4.78, 5) is 24.6. The summed E-state index contributed by atoms with van der Waals surface area (Å²) in [5.41, 5.74) is -3.27. The zero-order valence-electron chi connectivity index (χ0n) is 15.6. The summed E-state index contributed by atoms with van der Waals surface area (Å²) in [6.07, 6.45) is -4.86. The van der Waals surface area contributed by atoms with Gasteiger partial charge in [-0.05, 0) is 36.6 Å². The van der Waals surface area contributed by atoms with E-state index in [2.05, 4.69) is 10.1 Å². The Morgan fingerprint density at radius 1 is 1.00 bits per heavy atom. The summed E-state index contributed by atoms with van der Waals surface area (Å²) in [5.74, 6) is -2.50. The number of rotatable bonds is 7. The molecule has 0 heterocycles. The summed E-state index contributed by atoms with van der Waals surface area (Å²) in [5, 5.41) is 4.01. The molecule has 2 N–H and O–H groups in total. The van der Waals surface area contributed by atoms with Gasteiger partial charge < -0.3 is 15.4 Å². The van der Waals surface area contributed by atoms with Crippen LogP contribution in [0.2, 0.25) is 0 Å². The summed E-state index contributed by atoms with van der Waals surface area (Å²) in [7, 11) is 0. The first-order valence-electron chi connectivity index (χ1n) is 8.80. The minimum Gasteiger partial charge on any atom is -0.464 e. The van der Waals surface area contributed by atoms with Crippen molar-refractivity contribution < 1.29 is 31.9 Å². The van der Waals surface area contributed by atoms with Gasteiger partial charge in [0.1, 0.15) is 5.82 Å². The Hall–Kier alpha value is -3.10. The predicted octanol–water partition coefficient (Wildman–Crippen LogP) is 3.69. The van der Waals surface area contributed by atoms with E-state index in [0.717, 1.165) is 29.8 Å². The van der Waals surface area contributed by atoms with Crippen LogP contribution in [0.5, 0.6) is 0 Å². The molecule has 0 radical (unpaired) electrons. The summed E-state index contributed by atoms with van der Waals surface area (Å²) in [6, 6.07) is 10.9. The van der Waals surface area contributed by atoms with E-state index in [-0.39, 0.29) is 13.2 Å². The number of alkyl halides is 3. The molecule has 2 rings (SSSR count). The molecule has 2 aromatic rings. The van der Waals surface area contributed by atoms with E-state index in [1.54, 1.807) is 29.6 Å². The van der Waals surface area contributed by atoms with Crippen molar-refractivity contribution in [3.8, 4) is 0 Å². The second-order valence-electron chi connectivity index (χ2n) is 6.09. The molecule has 0 unspecified atom stereocenters. The molecule has 0 saturated heterocycles. The molecule has 2 amide bonds. The van der Waals surface area contributed by atoms with Gasteiger partial charge in [0.05, 0.1) is 6.61 Å². The van der Waals surface area contributed by atoms with E-state index in [9.17, 15) is 27.2 Å². The van der Waals surface area contributed by atoms with Crippen molar-refractivity contribution in [2.75, 3.05) is 13.2 Å². The lowest BCUT2D eigenvalue weighted by Crippen LogP contribution is -2.63. The van der Waals surface area contributed by atoms with Crippen LogP contribution in [0.3, 0.4) is 0 Å². The average Bonchev–Trinajstić information content (AvgIpc) is 2.67. The molecule has 0 fully saturated rings. The normalized spacial score (nSPS) is 13.3. The predicted molar refractivity (Wildman–Crippen MR) is 97.4 cm³/mol. The third-order valence-electron chi connectivity index (χ3n) is 4.13. The van der Waals surface area contributed by atoms with Crippen molar-refractivity contribution in [2.24, 2.45) is 0 Å². The first-order chi connectivity index (χ1) is 13.7. The number of benzene rings is 2. The Labute approximate surface area is 165 Å². The van der Waals surface area contributed by atoms with Crippen molar-refractivity contribution >= 4 is 12.0 Å². The number of carbonyl (C=O) groups is 2. The Balaban J connectivity index is 2.27. The number of carbonyl (C=O) groups excluding carboxylic acids is 2. The number of halogens is 4. The first-order valence-corrected chi connectivity index (χ1v) is 8.80. The Morgan fingerprint density at radius 3 is 2.17 bits per heavy atom. The van der Waals surface area contributed by atoms with E-state index in [1.807, 2.05) is 6.07 Å². The summed E-state index contributed by atoms with van der Waals surface area (Å²) >= 11 is 0. The van der Waals surface area contributed by atoms with Gasteiger partial charge in [-0.25, -0.2) is 14.0 Å². The zero-order chi connectivity index (χ0) is 21.5. The quantitative estimate of drug-likeness (QED) is 0.539. The van der Waals surface area contributed by atoms with Crippen molar-refractivity contribution in [1.29, 1.82) is 0 Å². The second-order valence-corrected chi connectivity index (χ2v) is 6.09. The van der Waals surface area contributed by atoms with Gasteiger partial charge in [-0.15, -0.1) is 0 Å². The van der Waals surface area contributed by atoms with Crippen molar-refractivity contribution in [3.63, 3.8) is 0 Å². The molecule has 0 spiro atoms. The molecular formula is C20H20F4N2O3. The average molecular weight is 412 g/mol. The Kier molecular flexibility index (Phi) is 7.19. The lowest BCUT2D eigenvalue weighted by molar-refractivity contribution is -0.214. The van der Waals surface area contributed by atoms with Crippen LogP contribution in [0.25, 0.3) is 0 Å². The number of hydrogen-bond donors (Lipinski definition) is 2. The minimum atomic E-state index is -5.24. The van der Waals surface area contributed by atoms with Gasteiger partial charge in [-0.3, -0.25) is 0 Å². The van der Waals surface area contributed by atoms with Gasteiger partial charge in [-0.2, -0.15) is 13.2 Å². The van der Waals surface area contributed by atoms with Gasteiger partial charge in [0.15, 0.2) is 0 Å². The maximum Gasteiger partial charge on any atom is 0.426 e. The van der Waals surface area contributed by atoms with Crippen LogP contribution in [0, 0.1) is 5.82 Å². The maximum absolute atomic E-state index is 14.0. The standard InChI is InChI=1S/C20H20F4N2O3/c1-2-29-17(27)19(20(22,23)24,15-8-10-16(21)11-9-15)26-18(28)25-13-12-14-6-4-3-5-7-14/h3-11H,2,12-13H2,1H3,(H2,25,26,28)/t19-/m0/s1. The van der Waals surface area contributed by atoms with E-state index in [0.29, 0.717) is 6.42 Å². The van der Waals surface area contributed by atoms with E-state index < -0.39 is 35.1 Å². The molecule has 0 saturated carbocycles. The lowest BCUT2D eigenvalue weighted by atomic mass is 9.89. The zero-order valence-corrected chi connectivity index (χ0v) is 15.6. The summed E-state index contributed by atoms with van der Waals surface area (Å²) < 4.78 is 59.9. The fraction of sp³-hybridized carbons (Fsp3) is 0.300. The SMILES string of the molecule is CCOC(=O)[C@@](NC(=O)NCCc1ccccc1)(c1ccc(F)cc1)C(F)(F)F. The fourth-order valence-corrected chi connectivity index (χ4v) is 2.71. The molecule has 0 aliphatic rings. The van der Waals surface area contributed by atoms with E-state index in [4.69, 9.17) is 0 Å². The molecule has 1 atom stereocenters. The molecule has 9 heteroatoms. The highest BCUT2D eigenvalue weighted by Gasteiger charge is 2.64. The molecule has 5 nitrogen and oxygen atoms in total. The van der Waals surface area contributed by atoms with Crippen LogP contribution in [0.4, 0.5) is 22.4 Å². The molecule has 0 aliphatic carbocycles. The third-order valence-corrected chi connectivity index (χ3v) is 4.13. The number of amides is 2. The van der Waals surface area contributed by atoms with Crippen LogP contribution in [0.15, 0.2) is 54.6 Å². The van der Waals surface area contributed by atoms with Crippen LogP contribution in [0.1, 0.15) is 18.1 Å². The monoisotopic (exact) mass is 412 g/mol. The van der Waals surface area contributed by atoms with E-state index in [1.165, 1.54) is 6.92 Å². The fourth-order valence-electron chi connectivity index (χ4n) is 2.71. The Morgan fingerprint density at radius 2 is 1.62 bits per heavy atom. The van der Waals surface area contributed by atoms with Gasteiger partial charge in [0.25, 0.3) is 5.54 Å². The van der Waals surface area contributed by atoms with Crippen LogP contribution in [-0.2, 0) is 21.5 Å². The van der Waals surface area contributed by atoms with Gasteiger partial charge in [0, 0.05) is 6.54 Å². The molecular weight excluding hydrogens is 392 g/mol. The smallest absolute Gasteiger partial charge is 0.426 e. The second kappa shape index (κ2) is 9.40. The number of nitrogens with one attached hydrogen (secondary N) is 2.